The van der Waals surface area contributed by atoms with Crippen LogP contribution in [0.3, 0.4) is 0 Å². The van der Waals surface area contributed by atoms with Gasteiger partial charge in [-0.15, -0.1) is 0 Å². The molecular formula is C10H11BrN4. The van der Waals surface area contributed by atoms with Crippen molar-refractivity contribution in [3.05, 3.63) is 38.2 Å². The van der Waals surface area contributed by atoms with Crippen molar-refractivity contribution in [3.63, 3.8) is 0 Å². The molecule has 0 aromatic heterocycles. The third-order valence-corrected chi connectivity index (χ3v) is 3.42. The van der Waals surface area contributed by atoms with Crippen molar-refractivity contribution in [1.82, 2.24) is 4.90 Å². The fourth-order valence-corrected chi connectivity index (χ4v) is 2.46. The molecule has 1 heterocycles. The van der Waals surface area contributed by atoms with Crippen molar-refractivity contribution >= 4 is 21.6 Å². The maximum absolute atomic E-state index is 8.49. The van der Waals surface area contributed by atoms with Crippen LogP contribution in [0.5, 0.6) is 0 Å². The summed E-state index contributed by atoms with van der Waals surface area (Å²) in [6, 6.07) is 3.82. The lowest BCUT2D eigenvalue weighted by atomic mass is 9.98. The minimum Gasteiger partial charge on any atom is -0.302 e. The Hall–Kier alpha value is -1.03. The van der Waals surface area contributed by atoms with E-state index in [0.717, 1.165) is 35.2 Å². The Balaban J connectivity index is 2.56. The van der Waals surface area contributed by atoms with Crippen LogP contribution in [0, 0.1) is 0 Å². The summed E-state index contributed by atoms with van der Waals surface area (Å²) in [4.78, 5) is 5.09. The molecule has 0 bridgehead atoms. The van der Waals surface area contributed by atoms with Gasteiger partial charge in [0.25, 0.3) is 0 Å². The molecule has 1 aromatic carbocycles. The number of halogens is 1. The van der Waals surface area contributed by atoms with Gasteiger partial charge in [-0.05, 0) is 36.2 Å². The normalized spacial score (nSPS) is 15.6. The van der Waals surface area contributed by atoms with E-state index in [1.54, 1.807) is 0 Å². The summed E-state index contributed by atoms with van der Waals surface area (Å²) in [6.07, 6.45) is 1.00. The van der Waals surface area contributed by atoms with Gasteiger partial charge in [0.15, 0.2) is 0 Å². The Morgan fingerprint density at radius 2 is 2.27 bits per heavy atom. The largest absolute Gasteiger partial charge is 0.302 e. The van der Waals surface area contributed by atoms with Crippen molar-refractivity contribution in [3.8, 4) is 0 Å². The van der Waals surface area contributed by atoms with E-state index in [0.29, 0.717) is 0 Å². The third kappa shape index (κ3) is 2.00. The highest BCUT2D eigenvalue weighted by molar-refractivity contribution is 9.10. The van der Waals surface area contributed by atoms with Gasteiger partial charge in [0.05, 0.1) is 0 Å². The molecule has 0 saturated carbocycles. The zero-order chi connectivity index (χ0) is 10.8. The van der Waals surface area contributed by atoms with Gasteiger partial charge in [-0.1, -0.05) is 27.1 Å². The molecule has 1 aliphatic heterocycles. The molecule has 2 rings (SSSR count). The zero-order valence-corrected chi connectivity index (χ0v) is 10.0. The first-order chi connectivity index (χ1) is 7.22. The number of likely N-dealkylation sites (N-methyl/N-ethyl adjacent to an activating group) is 1. The lowest BCUT2D eigenvalue weighted by Gasteiger charge is -2.26. The SMILES string of the molecule is CN1CCc2c(Br)ccc(N=[N+]=[N-])c2C1. The summed E-state index contributed by atoms with van der Waals surface area (Å²) in [7, 11) is 2.07. The van der Waals surface area contributed by atoms with Crippen LogP contribution in [0.15, 0.2) is 21.7 Å². The van der Waals surface area contributed by atoms with Crippen molar-refractivity contribution in [1.29, 1.82) is 0 Å². The maximum atomic E-state index is 8.49. The zero-order valence-electron chi connectivity index (χ0n) is 8.44. The molecule has 0 fully saturated rings. The molecule has 0 saturated heterocycles. The van der Waals surface area contributed by atoms with Gasteiger partial charge in [-0.3, -0.25) is 0 Å². The van der Waals surface area contributed by atoms with Crippen molar-refractivity contribution in [2.24, 2.45) is 5.11 Å². The molecular weight excluding hydrogens is 256 g/mol. The summed E-state index contributed by atoms with van der Waals surface area (Å²) in [5.41, 5.74) is 11.7. The van der Waals surface area contributed by atoms with Crippen LogP contribution in [-0.4, -0.2) is 18.5 Å². The van der Waals surface area contributed by atoms with Crippen LogP contribution in [0.1, 0.15) is 11.1 Å². The summed E-state index contributed by atoms with van der Waals surface area (Å²) in [5.74, 6) is 0. The minimum atomic E-state index is 0.752. The topological polar surface area (TPSA) is 52.0 Å². The van der Waals surface area contributed by atoms with Crippen LogP contribution in [0.25, 0.3) is 10.4 Å². The van der Waals surface area contributed by atoms with Gasteiger partial charge in [0.2, 0.25) is 0 Å². The second-order valence-corrected chi connectivity index (χ2v) is 4.56. The van der Waals surface area contributed by atoms with Crippen LogP contribution in [-0.2, 0) is 13.0 Å². The fraction of sp³-hybridized carbons (Fsp3) is 0.400. The predicted molar refractivity (Wildman–Crippen MR) is 63.0 cm³/mol. The van der Waals surface area contributed by atoms with Crippen molar-refractivity contribution in [2.75, 3.05) is 13.6 Å². The van der Waals surface area contributed by atoms with Crippen LogP contribution >= 0.6 is 15.9 Å². The molecule has 0 N–H and O–H groups in total. The van der Waals surface area contributed by atoms with Crippen molar-refractivity contribution < 1.29 is 0 Å². The molecule has 78 valence electrons. The Morgan fingerprint density at radius 1 is 1.47 bits per heavy atom. The number of fused-ring (bicyclic) bond motifs is 1. The van der Waals surface area contributed by atoms with Gasteiger partial charge in [0, 0.05) is 28.2 Å². The van der Waals surface area contributed by atoms with Gasteiger partial charge in [0.1, 0.15) is 0 Å². The molecule has 0 aliphatic carbocycles. The molecule has 0 atom stereocenters. The number of hydrogen-bond donors (Lipinski definition) is 0. The number of nitrogens with zero attached hydrogens (tertiary/aromatic N) is 4. The standard InChI is InChI=1S/C10H11BrN4/c1-15-5-4-7-8(6-15)10(13-14-12)3-2-9(7)11/h2-3H,4-6H2,1H3. The van der Waals surface area contributed by atoms with Gasteiger partial charge in [-0.25, -0.2) is 0 Å². The lowest BCUT2D eigenvalue weighted by molar-refractivity contribution is 0.313. The van der Waals surface area contributed by atoms with Crippen LogP contribution in [0.4, 0.5) is 5.69 Å². The quantitative estimate of drug-likeness (QED) is 0.437. The van der Waals surface area contributed by atoms with E-state index in [1.165, 1.54) is 5.56 Å². The third-order valence-electron chi connectivity index (χ3n) is 2.67. The van der Waals surface area contributed by atoms with E-state index in [2.05, 4.69) is 37.9 Å². The first kappa shape index (κ1) is 10.5. The average Bonchev–Trinajstić information content (AvgIpc) is 2.22. The van der Waals surface area contributed by atoms with Crippen molar-refractivity contribution in [2.45, 2.75) is 13.0 Å². The molecule has 5 heteroatoms. The highest BCUT2D eigenvalue weighted by atomic mass is 79.9. The van der Waals surface area contributed by atoms with Gasteiger partial charge < -0.3 is 4.90 Å². The summed E-state index contributed by atoms with van der Waals surface area (Å²) in [6.45, 7) is 1.90. The van der Waals surface area contributed by atoms with E-state index in [1.807, 2.05) is 12.1 Å². The number of benzene rings is 1. The highest BCUT2D eigenvalue weighted by Gasteiger charge is 2.18. The Kier molecular flexibility index (Phi) is 2.95. The Morgan fingerprint density at radius 3 is 3.00 bits per heavy atom. The molecule has 15 heavy (non-hydrogen) atoms. The van der Waals surface area contributed by atoms with E-state index >= 15 is 0 Å². The number of hydrogen-bond acceptors (Lipinski definition) is 2. The predicted octanol–water partition coefficient (Wildman–Crippen LogP) is 3.38. The van der Waals surface area contributed by atoms with E-state index in [4.69, 9.17) is 5.53 Å². The first-order valence-electron chi connectivity index (χ1n) is 4.76. The smallest absolute Gasteiger partial charge is 0.0423 e. The van der Waals surface area contributed by atoms with E-state index in [9.17, 15) is 0 Å². The Bertz CT molecular complexity index is 437. The second-order valence-electron chi connectivity index (χ2n) is 3.70. The monoisotopic (exact) mass is 266 g/mol. The molecule has 1 aromatic rings. The summed E-state index contributed by atoms with van der Waals surface area (Å²) in [5, 5.41) is 3.73. The first-order valence-corrected chi connectivity index (χ1v) is 5.55. The lowest BCUT2D eigenvalue weighted by Crippen LogP contribution is -2.26. The van der Waals surface area contributed by atoms with Gasteiger partial charge >= 0.3 is 0 Å². The molecule has 0 radical (unpaired) electrons. The molecule has 0 amide bonds. The fourth-order valence-electron chi connectivity index (χ4n) is 1.89. The van der Waals surface area contributed by atoms with E-state index < -0.39 is 0 Å². The maximum Gasteiger partial charge on any atom is 0.0423 e. The molecule has 4 nitrogen and oxygen atoms in total. The highest BCUT2D eigenvalue weighted by Crippen LogP contribution is 2.33. The number of azide groups is 1. The summed E-state index contributed by atoms with van der Waals surface area (Å²) >= 11 is 3.53. The second kappa shape index (κ2) is 4.23. The van der Waals surface area contributed by atoms with Crippen LogP contribution < -0.4 is 0 Å². The van der Waals surface area contributed by atoms with Gasteiger partial charge in [-0.2, -0.15) is 0 Å². The van der Waals surface area contributed by atoms with E-state index in [-0.39, 0.29) is 0 Å². The van der Waals surface area contributed by atoms with Crippen LogP contribution in [0.2, 0.25) is 0 Å². The molecule has 1 aliphatic rings. The number of rotatable bonds is 1. The average molecular weight is 267 g/mol. The molecule has 0 unspecified atom stereocenters. The minimum absolute atomic E-state index is 0.752. The Labute approximate surface area is 96.6 Å². The molecule has 0 spiro atoms. The summed E-state index contributed by atoms with van der Waals surface area (Å²) < 4.78 is 1.11.